The fourth-order valence-corrected chi connectivity index (χ4v) is 4.29. The van der Waals surface area contributed by atoms with E-state index < -0.39 is 10.0 Å². The maximum Gasteiger partial charge on any atom is 0.247 e. The molecule has 21 heavy (non-hydrogen) atoms. The second-order valence-electron chi connectivity index (χ2n) is 5.17. The second-order valence-corrected chi connectivity index (χ2v) is 7.96. The Labute approximate surface area is 127 Å². The number of thiophene rings is 1. The third kappa shape index (κ3) is 2.51. The van der Waals surface area contributed by atoms with Crippen molar-refractivity contribution in [3.63, 3.8) is 0 Å². The number of rotatable bonds is 3. The Hall–Kier alpha value is -1.60. The predicted molar refractivity (Wildman–Crippen MR) is 83.1 cm³/mol. The maximum absolute atomic E-state index is 12.1. The van der Waals surface area contributed by atoms with E-state index in [1.807, 2.05) is 31.4 Å². The first kappa shape index (κ1) is 14.3. The van der Waals surface area contributed by atoms with Crippen LogP contribution in [0.1, 0.15) is 34.2 Å². The summed E-state index contributed by atoms with van der Waals surface area (Å²) in [5.74, 6) is 0.744. The molecule has 0 saturated heterocycles. The smallest absolute Gasteiger partial charge is 0.247 e. The Morgan fingerprint density at radius 2 is 2.19 bits per heavy atom. The molecule has 2 aromatic heterocycles. The number of hydrazone groups is 1. The number of hydrogen-bond donors (Lipinski definition) is 0. The predicted octanol–water partition coefficient (Wildman–Crippen LogP) is 3.07. The fourth-order valence-electron chi connectivity index (χ4n) is 2.68. The lowest BCUT2D eigenvalue weighted by atomic mass is 9.99. The minimum Gasteiger partial charge on any atom is -0.469 e. The zero-order valence-corrected chi connectivity index (χ0v) is 13.7. The number of sulfonamides is 1. The molecule has 0 N–H and O–H groups in total. The SMILES string of the molecule is Cc1coc(C)c1[C@@H]1CC(c2cccs2)=NN1S(C)(=O)=O. The average molecular weight is 324 g/mol. The summed E-state index contributed by atoms with van der Waals surface area (Å²) in [7, 11) is -3.43. The van der Waals surface area contributed by atoms with Gasteiger partial charge in [0.25, 0.3) is 0 Å². The molecule has 0 bridgehead atoms. The topological polar surface area (TPSA) is 62.9 Å². The van der Waals surface area contributed by atoms with E-state index in [0.717, 1.165) is 27.5 Å². The highest BCUT2D eigenvalue weighted by atomic mass is 32.2. The van der Waals surface area contributed by atoms with Gasteiger partial charge in [-0.1, -0.05) is 6.07 Å². The van der Waals surface area contributed by atoms with Crippen LogP contribution in [0.5, 0.6) is 0 Å². The van der Waals surface area contributed by atoms with E-state index in [1.54, 1.807) is 17.6 Å². The number of hydrogen-bond acceptors (Lipinski definition) is 5. The van der Waals surface area contributed by atoms with Crippen LogP contribution in [-0.4, -0.2) is 24.8 Å². The van der Waals surface area contributed by atoms with Crippen LogP contribution < -0.4 is 0 Å². The van der Waals surface area contributed by atoms with Crippen LogP contribution in [0.3, 0.4) is 0 Å². The lowest BCUT2D eigenvalue weighted by Gasteiger charge is -2.21. The summed E-state index contributed by atoms with van der Waals surface area (Å²) in [5.41, 5.74) is 2.67. The van der Waals surface area contributed by atoms with Crippen molar-refractivity contribution in [3.8, 4) is 0 Å². The Kier molecular flexibility index (Phi) is 3.41. The van der Waals surface area contributed by atoms with E-state index in [0.29, 0.717) is 6.42 Å². The largest absolute Gasteiger partial charge is 0.469 e. The van der Waals surface area contributed by atoms with Gasteiger partial charge in [0.1, 0.15) is 5.76 Å². The fraction of sp³-hybridized carbons (Fsp3) is 0.357. The van der Waals surface area contributed by atoms with Gasteiger partial charge in [-0.3, -0.25) is 0 Å². The molecular formula is C14H16N2O3S2. The molecule has 5 nitrogen and oxygen atoms in total. The van der Waals surface area contributed by atoms with Gasteiger partial charge in [-0.25, -0.2) is 8.42 Å². The molecule has 2 aromatic rings. The van der Waals surface area contributed by atoms with Crippen molar-refractivity contribution in [2.24, 2.45) is 5.10 Å². The molecule has 1 aliphatic heterocycles. The molecule has 0 aromatic carbocycles. The molecule has 1 atom stereocenters. The molecular weight excluding hydrogens is 308 g/mol. The molecule has 0 fully saturated rings. The van der Waals surface area contributed by atoms with Crippen LogP contribution in [0, 0.1) is 13.8 Å². The van der Waals surface area contributed by atoms with Gasteiger partial charge in [0.05, 0.1) is 29.1 Å². The van der Waals surface area contributed by atoms with Crippen LogP contribution in [0.25, 0.3) is 0 Å². The number of aryl methyl sites for hydroxylation is 2. The number of furan rings is 1. The van der Waals surface area contributed by atoms with E-state index >= 15 is 0 Å². The van der Waals surface area contributed by atoms with E-state index in [9.17, 15) is 8.42 Å². The molecule has 0 spiro atoms. The normalized spacial score (nSPS) is 19.1. The zero-order chi connectivity index (χ0) is 15.2. The lowest BCUT2D eigenvalue weighted by Crippen LogP contribution is -2.26. The zero-order valence-electron chi connectivity index (χ0n) is 12.0. The molecule has 3 heterocycles. The van der Waals surface area contributed by atoms with Crippen LogP contribution in [0.2, 0.25) is 0 Å². The molecule has 112 valence electrons. The first-order valence-electron chi connectivity index (χ1n) is 6.53. The Morgan fingerprint density at radius 1 is 1.43 bits per heavy atom. The van der Waals surface area contributed by atoms with Gasteiger partial charge in [-0.15, -0.1) is 11.3 Å². The van der Waals surface area contributed by atoms with Crippen molar-refractivity contribution in [2.75, 3.05) is 6.26 Å². The summed E-state index contributed by atoms with van der Waals surface area (Å²) in [5, 5.41) is 6.31. The molecule has 0 unspecified atom stereocenters. The van der Waals surface area contributed by atoms with Crippen LogP contribution in [-0.2, 0) is 10.0 Å². The van der Waals surface area contributed by atoms with Crippen molar-refractivity contribution in [1.82, 2.24) is 4.41 Å². The number of nitrogens with zero attached hydrogens (tertiary/aromatic N) is 2. The van der Waals surface area contributed by atoms with Crippen molar-refractivity contribution in [1.29, 1.82) is 0 Å². The standard InChI is InChI=1S/C14H16N2O3S2/c1-9-8-19-10(2)14(9)12-7-11(13-5-4-6-20-13)15-16(12)21(3,17)18/h4-6,8,12H,7H2,1-3H3/t12-/m0/s1. The first-order valence-corrected chi connectivity index (χ1v) is 9.26. The Bertz CT molecular complexity index is 769. The van der Waals surface area contributed by atoms with Gasteiger partial charge >= 0.3 is 0 Å². The van der Waals surface area contributed by atoms with Gasteiger partial charge in [0, 0.05) is 12.0 Å². The lowest BCUT2D eigenvalue weighted by molar-refractivity contribution is 0.369. The van der Waals surface area contributed by atoms with E-state index in [-0.39, 0.29) is 6.04 Å². The quantitative estimate of drug-likeness (QED) is 0.871. The molecule has 7 heteroatoms. The van der Waals surface area contributed by atoms with Crippen molar-refractivity contribution >= 4 is 27.1 Å². The Morgan fingerprint density at radius 3 is 2.71 bits per heavy atom. The van der Waals surface area contributed by atoms with Gasteiger partial charge < -0.3 is 4.42 Å². The van der Waals surface area contributed by atoms with Gasteiger partial charge in [-0.2, -0.15) is 9.52 Å². The summed E-state index contributed by atoms with van der Waals surface area (Å²) in [6, 6.07) is 3.58. The minimum absolute atomic E-state index is 0.323. The summed E-state index contributed by atoms with van der Waals surface area (Å²) in [6.45, 7) is 3.78. The molecule has 0 saturated carbocycles. The third-order valence-electron chi connectivity index (χ3n) is 3.57. The summed E-state index contributed by atoms with van der Waals surface area (Å²) in [4.78, 5) is 1.00. The van der Waals surface area contributed by atoms with Crippen LogP contribution in [0.4, 0.5) is 0 Å². The highest BCUT2D eigenvalue weighted by Crippen LogP contribution is 2.38. The molecule has 1 aliphatic rings. The summed E-state index contributed by atoms with van der Waals surface area (Å²) < 4.78 is 30.8. The van der Waals surface area contributed by atoms with Crippen LogP contribution >= 0.6 is 11.3 Å². The molecule has 0 aliphatic carbocycles. The highest BCUT2D eigenvalue weighted by molar-refractivity contribution is 7.88. The van der Waals surface area contributed by atoms with Crippen molar-refractivity contribution in [3.05, 3.63) is 45.5 Å². The van der Waals surface area contributed by atoms with Crippen molar-refractivity contribution < 1.29 is 12.8 Å². The molecule has 3 rings (SSSR count). The van der Waals surface area contributed by atoms with Gasteiger partial charge in [0.2, 0.25) is 10.0 Å². The van der Waals surface area contributed by atoms with E-state index in [2.05, 4.69) is 5.10 Å². The first-order chi connectivity index (χ1) is 9.88. The van der Waals surface area contributed by atoms with Gasteiger partial charge in [-0.05, 0) is 30.9 Å². The van der Waals surface area contributed by atoms with E-state index in [4.69, 9.17) is 4.42 Å². The molecule has 0 amide bonds. The monoisotopic (exact) mass is 324 g/mol. The van der Waals surface area contributed by atoms with Crippen molar-refractivity contribution in [2.45, 2.75) is 26.3 Å². The average Bonchev–Trinajstić information content (AvgIpc) is 3.07. The molecule has 0 radical (unpaired) electrons. The summed E-state index contributed by atoms with van der Waals surface area (Å²) >= 11 is 1.56. The van der Waals surface area contributed by atoms with Gasteiger partial charge in [0.15, 0.2) is 0 Å². The van der Waals surface area contributed by atoms with Crippen LogP contribution in [0.15, 0.2) is 33.3 Å². The second kappa shape index (κ2) is 4.99. The third-order valence-corrected chi connectivity index (χ3v) is 5.50. The Balaban J connectivity index is 2.06. The maximum atomic E-state index is 12.1. The minimum atomic E-state index is -3.43. The van der Waals surface area contributed by atoms with E-state index in [1.165, 1.54) is 10.7 Å². The summed E-state index contributed by atoms with van der Waals surface area (Å²) in [6.07, 6.45) is 3.41. The highest BCUT2D eigenvalue weighted by Gasteiger charge is 2.37.